The van der Waals surface area contributed by atoms with Gasteiger partial charge in [0.05, 0.1) is 0 Å². The van der Waals surface area contributed by atoms with Crippen LogP contribution in [-0.4, -0.2) is 24.1 Å². The highest BCUT2D eigenvalue weighted by molar-refractivity contribution is 5.86. The van der Waals surface area contributed by atoms with Crippen LogP contribution in [0.3, 0.4) is 0 Å². The Morgan fingerprint density at radius 2 is 1.92 bits per heavy atom. The first kappa shape index (κ1) is 9.26. The van der Waals surface area contributed by atoms with Crippen molar-refractivity contribution in [1.82, 2.24) is 5.06 Å². The van der Waals surface area contributed by atoms with Gasteiger partial charge in [0.15, 0.2) is 0 Å². The molecule has 0 saturated carbocycles. The van der Waals surface area contributed by atoms with E-state index in [-0.39, 0.29) is 5.97 Å². The molecular formula is C9H15NO2. The lowest BCUT2D eigenvalue weighted by molar-refractivity contribution is -0.189. The molecule has 3 heteroatoms. The maximum absolute atomic E-state index is 11.0. The van der Waals surface area contributed by atoms with Crippen LogP contribution in [0, 0.1) is 0 Å². The summed E-state index contributed by atoms with van der Waals surface area (Å²) in [5, 5.41) is 1.72. The summed E-state index contributed by atoms with van der Waals surface area (Å²) in [6.45, 7) is 6.90. The second-order valence-electron chi connectivity index (χ2n) is 3.15. The number of hydroxylamine groups is 2. The van der Waals surface area contributed by atoms with Crippen molar-refractivity contribution in [2.45, 2.75) is 26.2 Å². The third-order valence-corrected chi connectivity index (χ3v) is 1.88. The number of nitrogens with zero attached hydrogens (tertiary/aromatic N) is 1. The lowest BCUT2D eigenvalue weighted by atomic mass is 10.2. The minimum atomic E-state index is -0.308. The van der Waals surface area contributed by atoms with E-state index in [9.17, 15) is 4.79 Å². The zero-order valence-corrected chi connectivity index (χ0v) is 7.51. The molecule has 0 bridgehead atoms. The number of hydrogen-bond acceptors (Lipinski definition) is 3. The van der Waals surface area contributed by atoms with Gasteiger partial charge in [-0.15, -0.1) is 5.06 Å². The molecule has 0 aliphatic carbocycles. The molecule has 1 aliphatic rings. The summed E-state index contributed by atoms with van der Waals surface area (Å²) in [6, 6.07) is 0. The van der Waals surface area contributed by atoms with Crippen LogP contribution in [0.25, 0.3) is 0 Å². The lowest BCUT2D eigenvalue weighted by Gasteiger charge is -2.24. The van der Waals surface area contributed by atoms with Gasteiger partial charge in [-0.1, -0.05) is 13.0 Å². The Morgan fingerprint density at radius 3 is 2.42 bits per heavy atom. The Hall–Kier alpha value is -0.830. The van der Waals surface area contributed by atoms with Gasteiger partial charge < -0.3 is 4.84 Å². The van der Waals surface area contributed by atoms with Crippen molar-refractivity contribution in [3.63, 3.8) is 0 Å². The van der Waals surface area contributed by atoms with E-state index < -0.39 is 0 Å². The molecule has 0 N–H and O–H groups in total. The summed E-state index contributed by atoms with van der Waals surface area (Å²) in [6.07, 6.45) is 3.47. The standard InChI is InChI=1S/C9H15NO2/c1-8(2)9(11)12-10-6-4-3-5-7-10/h1,3-7H2,2H3. The molecule has 0 aromatic carbocycles. The van der Waals surface area contributed by atoms with E-state index in [1.54, 1.807) is 12.0 Å². The predicted molar refractivity (Wildman–Crippen MR) is 46.3 cm³/mol. The van der Waals surface area contributed by atoms with Crippen molar-refractivity contribution in [2.75, 3.05) is 13.1 Å². The van der Waals surface area contributed by atoms with E-state index in [1.165, 1.54) is 6.42 Å². The van der Waals surface area contributed by atoms with Gasteiger partial charge in [-0.05, 0) is 19.8 Å². The molecule has 0 aromatic heterocycles. The number of hydrogen-bond donors (Lipinski definition) is 0. The average molecular weight is 169 g/mol. The smallest absolute Gasteiger partial charge is 0.352 e. The van der Waals surface area contributed by atoms with E-state index in [4.69, 9.17) is 4.84 Å². The van der Waals surface area contributed by atoms with Crippen molar-refractivity contribution >= 4 is 5.97 Å². The normalized spacial score (nSPS) is 18.8. The summed E-state index contributed by atoms with van der Waals surface area (Å²) < 4.78 is 0. The third kappa shape index (κ3) is 2.66. The van der Waals surface area contributed by atoms with Crippen LogP contribution in [0.4, 0.5) is 0 Å². The Balaban J connectivity index is 2.29. The Kier molecular flexibility index (Phi) is 3.29. The van der Waals surface area contributed by atoms with Crippen LogP contribution in [0.15, 0.2) is 12.2 Å². The Morgan fingerprint density at radius 1 is 1.33 bits per heavy atom. The van der Waals surface area contributed by atoms with Crippen LogP contribution in [0.2, 0.25) is 0 Å². The maximum atomic E-state index is 11.0. The molecule has 1 aliphatic heterocycles. The number of carbonyl (C=O) groups is 1. The Bertz CT molecular complexity index is 183. The monoisotopic (exact) mass is 169 g/mol. The van der Waals surface area contributed by atoms with Crippen molar-refractivity contribution in [2.24, 2.45) is 0 Å². The second-order valence-corrected chi connectivity index (χ2v) is 3.15. The zero-order chi connectivity index (χ0) is 8.97. The predicted octanol–water partition coefficient (Wildman–Crippen LogP) is 1.51. The minimum absolute atomic E-state index is 0.308. The largest absolute Gasteiger partial charge is 0.364 e. The summed E-state index contributed by atoms with van der Waals surface area (Å²) in [5.41, 5.74) is 0.459. The molecule has 1 saturated heterocycles. The fourth-order valence-electron chi connectivity index (χ4n) is 1.15. The van der Waals surface area contributed by atoms with Crippen molar-refractivity contribution < 1.29 is 9.63 Å². The van der Waals surface area contributed by atoms with Crippen LogP contribution in [0.5, 0.6) is 0 Å². The minimum Gasteiger partial charge on any atom is -0.364 e. The summed E-state index contributed by atoms with van der Waals surface area (Å²) >= 11 is 0. The molecule has 0 radical (unpaired) electrons. The first-order valence-corrected chi connectivity index (χ1v) is 4.33. The van der Waals surface area contributed by atoms with Crippen LogP contribution in [0.1, 0.15) is 26.2 Å². The molecule has 0 spiro atoms. The molecule has 3 nitrogen and oxygen atoms in total. The van der Waals surface area contributed by atoms with Crippen LogP contribution in [-0.2, 0) is 9.63 Å². The van der Waals surface area contributed by atoms with Crippen LogP contribution >= 0.6 is 0 Å². The van der Waals surface area contributed by atoms with E-state index in [1.807, 2.05) is 0 Å². The molecular weight excluding hydrogens is 154 g/mol. The fourth-order valence-corrected chi connectivity index (χ4v) is 1.15. The van der Waals surface area contributed by atoms with Gasteiger partial charge in [-0.25, -0.2) is 4.79 Å². The number of rotatable bonds is 2. The molecule has 0 aromatic rings. The molecule has 68 valence electrons. The fraction of sp³-hybridized carbons (Fsp3) is 0.667. The molecule has 12 heavy (non-hydrogen) atoms. The number of piperidine rings is 1. The first-order valence-electron chi connectivity index (χ1n) is 4.33. The van der Waals surface area contributed by atoms with Gasteiger partial charge in [0, 0.05) is 18.7 Å². The van der Waals surface area contributed by atoms with E-state index >= 15 is 0 Å². The van der Waals surface area contributed by atoms with Crippen molar-refractivity contribution in [1.29, 1.82) is 0 Å². The van der Waals surface area contributed by atoms with Gasteiger partial charge in [0.2, 0.25) is 0 Å². The van der Waals surface area contributed by atoms with Crippen LogP contribution < -0.4 is 0 Å². The highest BCUT2D eigenvalue weighted by Gasteiger charge is 2.14. The van der Waals surface area contributed by atoms with Gasteiger partial charge in [0.1, 0.15) is 0 Å². The second kappa shape index (κ2) is 4.26. The topological polar surface area (TPSA) is 29.5 Å². The molecule has 1 rings (SSSR count). The zero-order valence-electron chi connectivity index (χ0n) is 7.51. The van der Waals surface area contributed by atoms with Gasteiger partial charge >= 0.3 is 5.97 Å². The first-order chi connectivity index (χ1) is 5.70. The molecule has 0 unspecified atom stereocenters. The van der Waals surface area contributed by atoms with Crippen molar-refractivity contribution in [3.8, 4) is 0 Å². The average Bonchev–Trinajstić information content (AvgIpc) is 2.06. The third-order valence-electron chi connectivity index (χ3n) is 1.88. The number of carbonyl (C=O) groups excluding carboxylic acids is 1. The highest BCUT2D eigenvalue weighted by atomic mass is 16.7. The molecule has 0 amide bonds. The van der Waals surface area contributed by atoms with Gasteiger partial charge in [0.25, 0.3) is 0 Å². The van der Waals surface area contributed by atoms with E-state index in [0.29, 0.717) is 5.57 Å². The Labute approximate surface area is 73.0 Å². The van der Waals surface area contributed by atoms with Gasteiger partial charge in [-0.3, -0.25) is 0 Å². The van der Waals surface area contributed by atoms with E-state index in [2.05, 4.69) is 6.58 Å². The molecule has 0 atom stereocenters. The van der Waals surface area contributed by atoms with Gasteiger partial charge in [-0.2, -0.15) is 0 Å². The molecule has 1 fully saturated rings. The molecule has 1 heterocycles. The van der Waals surface area contributed by atoms with E-state index in [0.717, 1.165) is 25.9 Å². The summed E-state index contributed by atoms with van der Waals surface area (Å²) in [5.74, 6) is -0.308. The van der Waals surface area contributed by atoms with Crippen molar-refractivity contribution in [3.05, 3.63) is 12.2 Å². The quantitative estimate of drug-likeness (QED) is 0.587. The lowest BCUT2D eigenvalue weighted by Crippen LogP contribution is -2.32. The SMILES string of the molecule is C=C(C)C(=O)ON1CCCCC1. The maximum Gasteiger partial charge on any atom is 0.352 e. The summed E-state index contributed by atoms with van der Waals surface area (Å²) in [7, 11) is 0. The summed E-state index contributed by atoms with van der Waals surface area (Å²) in [4.78, 5) is 16.1. The highest BCUT2D eigenvalue weighted by Crippen LogP contribution is 2.09.